The number of hydrogen-bond acceptors (Lipinski definition) is 4. The second-order valence-electron chi connectivity index (χ2n) is 2.08. The lowest BCUT2D eigenvalue weighted by atomic mass is 10.3. The third-order valence-electron chi connectivity index (χ3n) is 0.842. The first-order chi connectivity index (χ1) is 5.18. The normalized spacial score (nSPS) is 11.7. The number of aliphatic hydroxyl groups excluding tert-OH is 3. The van der Waals surface area contributed by atoms with Gasteiger partial charge >= 0.3 is 0 Å². The quantitative estimate of drug-likeness (QED) is 0.520. The molecule has 0 rings (SSSR count). The van der Waals surface area contributed by atoms with Crippen molar-refractivity contribution in [2.24, 2.45) is 0 Å². The fourth-order valence-corrected chi connectivity index (χ4v) is 0.278. The largest absolute Gasteiger partial charge is 0.396 e. The van der Waals surface area contributed by atoms with Gasteiger partial charge in [0.2, 0.25) is 0 Å². The van der Waals surface area contributed by atoms with E-state index in [2.05, 4.69) is 4.74 Å². The molecule has 0 saturated carbocycles. The van der Waals surface area contributed by atoms with E-state index in [1.807, 2.05) is 0 Å². The summed E-state index contributed by atoms with van der Waals surface area (Å²) in [6.45, 7) is 2.30. The summed E-state index contributed by atoms with van der Waals surface area (Å²) in [5, 5.41) is 24.4. The molecule has 0 fully saturated rings. The Kier molecular flexibility index (Phi) is 15.3. The molecule has 0 aliphatic carbocycles. The van der Waals surface area contributed by atoms with Crippen LogP contribution in [-0.4, -0.2) is 48.4 Å². The van der Waals surface area contributed by atoms with Crippen molar-refractivity contribution in [1.29, 1.82) is 0 Å². The zero-order chi connectivity index (χ0) is 9.11. The molecule has 0 amide bonds. The third-order valence-corrected chi connectivity index (χ3v) is 0.842. The molecule has 0 aromatic heterocycles. The summed E-state index contributed by atoms with van der Waals surface area (Å²) in [7, 11) is 1.55. The van der Waals surface area contributed by atoms with E-state index in [0.29, 0.717) is 13.0 Å². The maximum Gasteiger partial charge on any atom is 0.0693 e. The van der Waals surface area contributed by atoms with Crippen LogP contribution in [0.25, 0.3) is 0 Å². The molecule has 0 radical (unpaired) electrons. The molecule has 0 aromatic rings. The molecule has 0 heterocycles. The van der Waals surface area contributed by atoms with Crippen LogP contribution in [0.2, 0.25) is 0 Å². The lowest BCUT2D eigenvalue weighted by molar-refractivity contribution is 0.135. The summed E-state index contributed by atoms with van der Waals surface area (Å²) < 4.78 is 4.44. The van der Waals surface area contributed by atoms with E-state index < -0.39 is 0 Å². The molecule has 0 saturated heterocycles. The average molecular weight is 166 g/mol. The molecule has 0 spiro atoms. The molecule has 0 bridgehead atoms. The summed E-state index contributed by atoms with van der Waals surface area (Å²) >= 11 is 0. The molecular weight excluding hydrogens is 148 g/mol. The first-order valence-electron chi connectivity index (χ1n) is 3.57. The van der Waals surface area contributed by atoms with Gasteiger partial charge in [0, 0.05) is 13.7 Å². The van der Waals surface area contributed by atoms with Crippen molar-refractivity contribution in [1.82, 2.24) is 0 Å². The van der Waals surface area contributed by atoms with Crippen molar-refractivity contribution < 1.29 is 20.1 Å². The van der Waals surface area contributed by atoms with Crippen LogP contribution in [0.1, 0.15) is 13.3 Å². The van der Waals surface area contributed by atoms with E-state index in [1.165, 1.54) is 0 Å². The van der Waals surface area contributed by atoms with Crippen LogP contribution in [0.4, 0.5) is 0 Å². The predicted octanol–water partition coefficient (Wildman–Crippen LogP) is -0.625. The second kappa shape index (κ2) is 12.5. The lowest BCUT2D eigenvalue weighted by Gasteiger charge is -1.95. The molecule has 0 aliphatic rings. The highest BCUT2D eigenvalue weighted by molar-refractivity contribution is 4.40. The van der Waals surface area contributed by atoms with Crippen molar-refractivity contribution in [3.05, 3.63) is 0 Å². The van der Waals surface area contributed by atoms with E-state index >= 15 is 0 Å². The average Bonchev–Trinajstić information content (AvgIpc) is 1.90. The Morgan fingerprint density at radius 2 is 1.82 bits per heavy atom. The highest BCUT2D eigenvalue weighted by Gasteiger charge is 1.88. The SMILES string of the molecule is CC(O)CCO.COCCO. The van der Waals surface area contributed by atoms with Crippen LogP contribution in [-0.2, 0) is 4.74 Å². The Morgan fingerprint density at radius 3 is 1.82 bits per heavy atom. The summed E-state index contributed by atoms with van der Waals surface area (Å²) in [6, 6.07) is 0. The van der Waals surface area contributed by atoms with Crippen molar-refractivity contribution in [3.63, 3.8) is 0 Å². The highest BCUT2D eigenvalue weighted by Crippen LogP contribution is 1.83. The van der Waals surface area contributed by atoms with Gasteiger partial charge in [-0.05, 0) is 13.3 Å². The van der Waals surface area contributed by atoms with Gasteiger partial charge in [-0.3, -0.25) is 0 Å². The van der Waals surface area contributed by atoms with E-state index in [-0.39, 0.29) is 19.3 Å². The van der Waals surface area contributed by atoms with Crippen LogP contribution in [0.5, 0.6) is 0 Å². The topological polar surface area (TPSA) is 69.9 Å². The standard InChI is InChI=1S/C4H10O2.C3H8O2/c1-4(6)2-3-5;1-5-3-2-4/h4-6H,2-3H2,1H3;4H,2-3H2,1H3. The minimum atomic E-state index is -0.352. The molecular formula is C7H18O4. The minimum absolute atomic E-state index is 0.0810. The Balaban J connectivity index is 0. The van der Waals surface area contributed by atoms with Gasteiger partial charge in [-0.15, -0.1) is 0 Å². The molecule has 4 nitrogen and oxygen atoms in total. The van der Waals surface area contributed by atoms with Gasteiger partial charge in [-0.2, -0.15) is 0 Å². The molecule has 70 valence electrons. The van der Waals surface area contributed by atoms with Gasteiger partial charge in [0.25, 0.3) is 0 Å². The Labute approximate surface area is 67.4 Å². The first-order valence-corrected chi connectivity index (χ1v) is 3.57. The van der Waals surface area contributed by atoms with Gasteiger partial charge in [0.15, 0.2) is 0 Å². The smallest absolute Gasteiger partial charge is 0.0693 e. The van der Waals surface area contributed by atoms with Gasteiger partial charge < -0.3 is 20.1 Å². The van der Waals surface area contributed by atoms with E-state index in [0.717, 1.165) is 0 Å². The number of methoxy groups -OCH3 is 1. The zero-order valence-corrected chi connectivity index (χ0v) is 7.16. The molecule has 11 heavy (non-hydrogen) atoms. The number of ether oxygens (including phenoxy) is 1. The fraction of sp³-hybridized carbons (Fsp3) is 1.00. The van der Waals surface area contributed by atoms with Gasteiger partial charge in [0.05, 0.1) is 19.3 Å². The van der Waals surface area contributed by atoms with Crippen LogP contribution >= 0.6 is 0 Å². The summed E-state index contributed by atoms with van der Waals surface area (Å²) in [5.74, 6) is 0. The molecule has 1 unspecified atom stereocenters. The maximum atomic E-state index is 8.39. The van der Waals surface area contributed by atoms with E-state index in [1.54, 1.807) is 14.0 Å². The molecule has 4 heteroatoms. The zero-order valence-electron chi connectivity index (χ0n) is 7.16. The lowest BCUT2D eigenvalue weighted by Crippen LogP contribution is -2.00. The van der Waals surface area contributed by atoms with Crippen LogP contribution in [0.3, 0.4) is 0 Å². The molecule has 3 N–H and O–H groups in total. The van der Waals surface area contributed by atoms with E-state index in [9.17, 15) is 0 Å². The summed E-state index contributed by atoms with van der Waals surface area (Å²) in [4.78, 5) is 0. The van der Waals surface area contributed by atoms with Gasteiger partial charge in [-0.25, -0.2) is 0 Å². The Morgan fingerprint density at radius 1 is 1.27 bits per heavy atom. The molecule has 0 aliphatic heterocycles. The predicted molar refractivity (Wildman–Crippen MR) is 42.3 cm³/mol. The molecule has 1 atom stereocenters. The van der Waals surface area contributed by atoms with Crippen LogP contribution in [0.15, 0.2) is 0 Å². The van der Waals surface area contributed by atoms with Crippen molar-refractivity contribution in [2.45, 2.75) is 19.4 Å². The second-order valence-corrected chi connectivity index (χ2v) is 2.08. The number of rotatable bonds is 4. The minimum Gasteiger partial charge on any atom is -0.396 e. The number of aliphatic hydroxyl groups is 3. The first kappa shape index (κ1) is 13.4. The highest BCUT2D eigenvalue weighted by atomic mass is 16.5. The van der Waals surface area contributed by atoms with Crippen molar-refractivity contribution in [3.8, 4) is 0 Å². The van der Waals surface area contributed by atoms with Crippen LogP contribution in [0, 0.1) is 0 Å². The van der Waals surface area contributed by atoms with Crippen LogP contribution < -0.4 is 0 Å². The maximum absolute atomic E-state index is 8.39. The fourth-order valence-electron chi connectivity index (χ4n) is 0.278. The van der Waals surface area contributed by atoms with Crippen molar-refractivity contribution in [2.75, 3.05) is 26.9 Å². The van der Waals surface area contributed by atoms with Gasteiger partial charge in [-0.1, -0.05) is 0 Å². The number of hydrogen-bond donors (Lipinski definition) is 3. The monoisotopic (exact) mass is 166 g/mol. The molecule has 0 aromatic carbocycles. The Bertz CT molecular complexity index is 54.4. The van der Waals surface area contributed by atoms with Gasteiger partial charge in [0.1, 0.15) is 0 Å². The summed E-state index contributed by atoms with van der Waals surface area (Å²) in [6.07, 6.45) is 0.134. The van der Waals surface area contributed by atoms with Crippen molar-refractivity contribution >= 4 is 0 Å². The summed E-state index contributed by atoms with van der Waals surface area (Å²) in [5.41, 5.74) is 0. The Hall–Kier alpha value is -0.160. The third kappa shape index (κ3) is 25.8. The van der Waals surface area contributed by atoms with E-state index in [4.69, 9.17) is 15.3 Å².